The number of aryl methyl sites for hydroxylation is 1. The third-order valence-corrected chi connectivity index (χ3v) is 4.47. The number of hydrogen-bond donors (Lipinski definition) is 1. The Bertz CT molecular complexity index is 554. The number of hydrogen-bond acceptors (Lipinski definition) is 3. The van der Waals surface area contributed by atoms with E-state index in [1.807, 2.05) is 16.7 Å². The summed E-state index contributed by atoms with van der Waals surface area (Å²) < 4.78 is 0. The first-order valence-electron chi connectivity index (χ1n) is 7.72. The van der Waals surface area contributed by atoms with Crippen LogP contribution in [0.1, 0.15) is 42.4 Å². The minimum absolute atomic E-state index is 0.0423. The maximum absolute atomic E-state index is 12.6. The van der Waals surface area contributed by atoms with Crippen LogP contribution in [0, 0.1) is 12.8 Å². The van der Waals surface area contributed by atoms with Gasteiger partial charge in [-0.1, -0.05) is 6.92 Å². The second-order valence-electron chi connectivity index (χ2n) is 6.11. The summed E-state index contributed by atoms with van der Waals surface area (Å²) in [6.45, 7) is 5.92. The van der Waals surface area contributed by atoms with Crippen LogP contribution in [-0.4, -0.2) is 57.5 Å². The number of fused-ring (bicyclic) bond motifs is 4. The number of H-pyrrole nitrogens is 1. The number of amides is 2. The fraction of sp³-hybridized carbons (Fsp3) is 0.667. The summed E-state index contributed by atoms with van der Waals surface area (Å²) in [4.78, 5) is 28.8. The Hall–Kier alpha value is -1.85. The zero-order valence-electron chi connectivity index (χ0n) is 12.6. The Morgan fingerprint density at radius 3 is 2.90 bits per heavy atom. The number of nitrogens with one attached hydrogen (secondary N) is 1. The molecule has 0 spiro atoms. The molecule has 6 heteroatoms. The molecule has 0 saturated carbocycles. The minimum Gasteiger partial charge on any atom is -0.338 e. The van der Waals surface area contributed by atoms with Gasteiger partial charge in [0.05, 0.1) is 5.92 Å². The average Bonchev–Trinajstić information content (AvgIpc) is 2.72. The number of carbonyl (C=O) groups excluding carboxylic acids is 2. The molecule has 3 fully saturated rings. The zero-order chi connectivity index (χ0) is 15.0. The van der Waals surface area contributed by atoms with E-state index in [1.165, 1.54) is 0 Å². The number of aromatic amines is 1. The molecule has 2 bridgehead atoms. The molecule has 3 aliphatic heterocycles. The van der Waals surface area contributed by atoms with Gasteiger partial charge in [0.15, 0.2) is 0 Å². The van der Waals surface area contributed by atoms with Crippen LogP contribution in [0.3, 0.4) is 0 Å². The molecule has 6 nitrogen and oxygen atoms in total. The van der Waals surface area contributed by atoms with Gasteiger partial charge < -0.3 is 9.80 Å². The molecule has 4 rings (SSSR count). The van der Waals surface area contributed by atoms with Gasteiger partial charge in [0.25, 0.3) is 5.91 Å². The van der Waals surface area contributed by atoms with Crippen molar-refractivity contribution in [2.24, 2.45) is 5.92 Å². The third-order valence-electron chi connectivity index (χ3n) is 4.47. The quantitative estimate of drug-likeness (QED) is 0.909. The first-order chi connectivity index (χ1) is 10.1. The fourth-order valence-corrected chi connectivity index (χ4v) is 3.43. The first kappa shape index (κ1) is 14.1. The summed E-state index contributed by atoms with van der Waals surface area (Å²) in [7, 11) is 0. The van der Waals surface area contributed by atoms with Gasteiger partial charge in [-0.3, -0.25) is 14.7 Å². The molecule has 1 aromatic rings. The van der Waals surface area contributed by atoms with Gasteiger partial charge >= 0.3 is 0 Å². The number of rotatable bonds is 3. The van der Waals surface area contributed by atoms with Crippen molar-refractivity contribution in [3.63, 3.8) is 0 Å². The van der Waals surface area contributed by atoms with Gasteiger partial charge in [-0.15, -0.1) is 0 Å². The van der Waals surface area contributed by atoms with E-state index >= 15 is 0 Å². The SMILES string of the molecule is CCCN1C(=O)[C@@H]2CC[C@H]1CN(C(=O)c1cc(C)[nH]n1)C2. The van der Waals surface area contributed by atoms with E-state index in [0.29, 0.717) is 18.8 Å². The van der Waals surface area contributed by atoms with Crippen LogP contribution in [0.25, 0.3) is 0 Å². The Morgan fingerprint density at radius 2 is 2.24 bits per heavy atom. The smallest absolute Gasteiger partial charge is 0.274 e. The Kier molecular flexibility index (Phi) is 3.69. The summed E-state index contributed by atoms with van der Waals surface area (Å²) in [5.41, 5.74) is 1.32. The second kappa shape index (κ2) is 5.50. The van der Waals surface area contributed by atoms with E-state index in [-0.39, 0.29) is 23.8 Å². The lowest BCUT2D eigenvalue weighted by molar-refractivity contribution is -0.139. The summed E-state index contributed by atoms with van der Waals surface area (Å²) >= 11 is 0. The molecule has 4 heterocycles. The average molecular weight is 290 g/mol. The van der Waals surface area contributed by atoms with Crippen LogP contribution in [0.5, 0.6) is 0 Å². The van der Waals surface area contributed by atoms with Gasteiger partial charge in [0.1, 0.15) is 5.69 Å². The zero-order valence-corrected chi connectivity index (χ0v) is 12.6. The van der Waals surface area contributed by atoms with Crippen molar-refractivity contribution in [2.45, 2.75) is 39.2 Å². The van der Waals surface area contributed by atoms with Gasteiger partial charge in [0.2, 0.25) is 5.91 Å². The second-order valence-corrected chi connectivity index (χ2v) is 6.11. The highest BCUT2D eigenvalue weighted by atomic mass is 16.2. The molecule has 2 atom stereocenters. The molecule has 2 amide bonds. The van der Waals surface area contributed by atoms with Crippen LogP contribution >= 0.6 is 0 Å². The lowest BCUT2D eigenvalue weighted by Gasteiger charge is -2.35. The Labute approximate surface area is 124 Å². The molecule has 0 aliphatic carbocycles. The van der Waals surface area contributed by atoms with Crippen molar-refractivity contribution in [2.75, 3.05) is 19.6 Å². The molecule has 0 radical (unpaired) electrons. The topological polar surface area (TPSA) is 69.3 Å². The molecule has 3 aliphatic rings. The Balaban J connectivity index is 1.80. The summed E-state index contributed by atoms with van der Waals surface area (Å²) in [5, 5.41) is 6.86. The summed E-state index contributed by atoms with van der Waals surface area (Å²) in [6.07, 6.45) is 2.86. The van der Waals surface area contributed by atoms with E-state index in [0.717, 1.165) is 31.5 Å². The van der Waals surface area contributed by atoms with Gasteiger partial charge in [-0.05, 0) is 32.3 Å². The van der Waals surface area contributed by atoms with Crippen molar-refractivity contribution >= 4 is 11.8 Å². The van der Waals surface area contributed by atoms with E-state index in [2.05, 4.69) is 17.1 Å². The highest BCUT2D eigenvalue weighted by Crippen LogP contribution is 2.29. The molecule has 1 N–H and O–H groups in total. The van der Waals surface area contributed by atoms with Crippen LogP contribution in [0.2, 0.25) is 0 Å². The third kappa shape index (κ3) is 2.54. The predicted octanol–water partition coefficient (Wildman–Crippen LogP) is 1.19. The minimum atomic E-state index is -0.0672. The van der Waals surface area contributed by atoms with Crippen molar-refractivity contribution in [1.82, 2.24) is 20.0 Å². The van der Waals surface area contributed by atoms with E-state index in [9.17, 15) is 9.59 Å². The molecule has 21 heavy (non-hydrogen) atoms. The van der Waals surface area contributed by atoms with Crippen LogP contribution in [0.15, 0.2) is 6.07 Å². The molecular formula is C15H22N4O2. The lowest BCUT2D eigenvalue weighted by atomic mass is 9.94. The maximum atomic E-state index is 12.6. The van der Waals surface area contributed by atoms with Gasteiger partial charge in [-0.2, -0.15) is 5.10 Å². The molecule has 0 unspecified atom stereocenters. The maximum Gasteiger partial charge on any atom is 0.274 e. The first-order valence-corrected chi connectivity index (χ1v) is 7.72. The largest absolute Gasteiger partial charge is 0.338 e. The fourth-order valence-electron chi connectivity index (χ4n) is 3.43. The molecule has 0 aromatic carbocycles. The number of piperidine rings is 1. The Morgan fingerprint density at radius 1 is 1.43 bits per heavy atom. The molecular weight excluding hydrogens is 268 g/mol. The van der Waals surface area contributed by atoms with Crippen LogP contribution in [-0.2, 0) is 4.79 Å². The normalized spacial score (nSPS) is 25.3. The van der Waals surface area contributed by atoms with Gasteiger partial charge in [0, 0.05) is 31.4 Å². The monoisotopic (exact) mass is 290 g/mol. The highest BCUT2D eigenvalue weighted by molar-refractivity contribution is 5.93. The molecule has 1 aromatic heterocycles. The van der Waals surface area contributed by atoms with Crippen molar-refractivity contribution < 1.29 is 9.59 Å². The van der Waals surface area contributed by atoms with E-state index in [1.54, 1.807) is 6.07 Å². The van der Waals surface area contributed by atoms with Crippen molar-refractivity contribution in [1.29, 1.82) is 0 Å². The number of nitrogens with zero attached hydrogens (tertiary/aromatic N) is 3. The van der Waals surface area contributed by atoms with Crippen molar-refractivity contribution in [3.05, 3.63) is 17.5 Å². The van der Waals surface area contributed by atoms with Crippen molar-refractivity contribution in [3.8, 4) is 0 Å². The number of carbonyl (C=O) groups is 2. The van der Waals surface area contributed by atoms with Gasteiger partial charge in [-0.25, -0.2) is 0 Å². The lowest BCUT2D eigenvalue weighted by Crippen LogP contribution is -2.48. The standard InChI is InChI=1S/C15H22N4O2/c1-3-6-19-12-5-4-11(14(19)20)8-18(9-12)15(21)13-7-10(2)16-17-13/h7,11-12H,3-6,8-9H2,1-2H3,(H,16,17)/t11-,12+/m1/s1. The molecule has 114 valence electrons. The number of aromatic nitrogens is 2. The highest BCUT2D eigenvalue weighted by Gasteiger charge is 2.41. The van der Waals surface area contributed by atoms with Crippen LogP contribution < -0.4 is 0 Å². The van der Waals surface area contributed by atoms with E-state index < -0.39 is 0 Å². The predicted molar refractivity (Wildman–Crippen MR) is 77.7 cm³/mol. The van der Waals surface area contributed by atoms with E-state index in [4.69, 9.17) is 0 Å². The van der Waals surface area contributed by atoms with Crippen LogP contribution in [0.4, 0.5) is 0 Å². The summed E-state index contributed by atoms with van der Waals surface area (Å²) in [6, 6.07) is 1.93. The molecule has 3 saturated heterocycles. The summed E-state index contributed by atoms with van der Waals surface area (Å²) in [5.74, 6) is 0.114.